The molecule has 122 valence electrons. The van der Waals surface area contributed by atoms with Crippen molar-refractivity contribution in [2.75, 3.05) is 20.2 Å². The van der Waals surface area contributed by atoms with Crippen molar-refractivity contribution in [2.24, 2.45) is 11.8 Å². The molecule has 4 aliphatic rings. The number of methoxy groups -OCH3 is 1. The molecule has 2 aromatic rings. The van der Waals surface area contributed by atoms with Gasteiger partial charge in [-0.1, -0.05) is 13.3 Å². The van der Waals surface area contributed by atoms with Crippen LogP contribution in [-0.2, 0) is 6.42 Å². The summed E-state index contributed by atoms with van der Waals surface area (Å²) in [6, 6.07) is 4.83. The number of hydrogen-bond acceptors (Lipinski definition) is 3. The fourth-order valence-electron chi connectivity index (χ4n) is 5.64. The lowest BCUT2D eigenvalue weighted by atomic mass is 9.65. The van der Waals surface area contributed by atoms with Crippen molar-refractivity contribution in [2.45, 2.75) is 44.6 Å². The van der Waals surface area contributed by atoms with Gasteiger partial charge in [0.25, 0.3) is 0 Å². The molecule has 4 nitrogen and oxygen atoms in total. The van der Waals surface area contributed by atoms with E-state index in [1.165, 1.54) is 49.1 Å². The zero-order valence-corrected chi connectivity index (χ0v) is 14.0. The minimum atomic E-state index is 0.671. The van der Waals surface area contributed by atoms with Gasteiger partial charge >= 0.3 is 0 Å². The zero-order chi connectivity index (χ0) is 15.6. The van der Waals surface area contributed by atoms with Crippen LogP contribution >= 0.6 is 0 Å². The Morgan fingerprint density at radius 3 is 3.09 bits per heavy atom. The molecule has 2 saturated heterocycles. The van der Waals surface area contributed by atoms with E-state index < -0.39 is 0 Å². The second kappa shape index (κ2) is 4.97. The highest BCUT2D eigenvalue weighted by Crippen LogP contribution is 2.50. The van der Waals surface area contributed by atoms with Crippen molar-refractivity contribution in [3.63, 3.8) is 0 Å². The molecule has 3 fully saturated rings. The Hall–Kier alpha value is -1.55. The molecule has 0 spiro atoms. The van der Waals surface area contributed by atoms with Crippen LogP contribution in [0.1, 0.15) is 43.4 Å². The third-order valence-electron chi connectivity index (χ3n) is 6.54. The first-order chi connectivity index (χ1) is 11.3. The summed E-state index contributed by atoms with van der Waals surface area (Å²) in [6.07, 6.45) is 5.23. The fourth-order valence-corrected chi connectivity index (χ4v) is 5.64. The summed E-state index contributed by atoms with van der Waals surface area (Å²) in [5.41, 5.74) is 5.25. The molecule has 4 heteroatoms. The first kappa shape index (κ1) is 13.8. The maximum atomic E-state index is 5.35. The summed E-state index contributed by atoms with van der Waals surface area (Å²) in [6.45, 7) is 4.88. The number of rotatable bonds is 2. The Morgan fingerprint density at radius 2 is 2.26 bits per heavy atom. The number of nitrogens with zero attached hydrogens (tertiary/aromatic N) is 2. The SMILES string of the molecule is CCC1CC2CC3c4[nH]c5ccc(OC)nc5c4CCN(C2)C13. The molecular formula is C19H25N3O. The van der Waals surface area contributed by atoms with Crippen LogP contribution in [0.5, 0.6) is 5.88 Å². The Labute approximate surface area is 137 Å². The van der Waals surface area contributed by atoms with Crippen LogP contribution in [0, 0.1) is 11.8 Å². The smallest absolute Gasteiger partial charge is 0.213 e. The van der Waals surface area contributed by atoms with Gasteiger partial charge in [-0.15, -0.1) is 0 Å². The van der Waals surface area contributed by atoms with Crippen LogP contribution in [0.25, 0.3) is 11.0 Å². The number of aromatic nitrogens is 2. The summed E-state index contributed by atoms with van der Waals surface area (Å²) in [5.74, 6) is 3.15. The van der Waals surface area contributed by atoms with Gasteiger partial charge in [0.05, 0.1) is 18.1 Å². The molecule has 23 heavy (non-hydrogen) atoms. The van der Waals surface area contributed by atoms with Crippen molar-refractivity contribution in [3.05, 3.63) is 23.4 Å². The van der Waals surface area contributed by atoms with E-state index in [0.717, 1.165) is 35.7 Å². The van der Waals surface area contributed by atoms with E-state index in [4.69, 9.17) is 9.72 Å². The first-order valence-electron chi connectivity index (χ1n) is 9.08. The number of ether oxygens (including phenoxy) is 1. The maximum Gasteiger partial charge on any atom is 0.213 e. The average Bonchev–Trinajstić information content (AvgIpc) is 2.92. The van der Waals surface area contributed by atoms with Crippen molar-refractivity contribution in [1.29, 1.82) is 0 Å². The highest BCUT2D eigenvalue weighted by atomic mass is 16.5. The van der Waals surface area contributed by atoms with Gasteiger partial charge in [0.1, 0.15) is 0 Å². The lowest BCUT2D eigenvalue weighted by Crippen LogP contribution is -2.56. The molecule has 3 aliphatic heterocycles. The summed E-state index contributed by atoms with van der Waals surface area (Å²) in [7, 11) is 1.70. The molecule has 5 heterocycles. The molecule has 1 saturated carbocycles. The van der Waals surface area contributed by atoms with Crippen LogP contribution in [0.15, 0.2) is 12.1 Å². The third kappa shape index (κ3) is 1.90. The van der Waals surface area contributed by atoms with Gasteiger partial charge in [-0.05, 0) is 37.2 Å². The van der Waals surface area contributed by atoms with Crippen LogP contribution in [0.3, 0.4) is 0 Å². The Bertz CT molecular complexity index is 752. The lowest BCUT2D eigenvalue weighted by Gasteiger charge is -2.53. The first-order valence-corrected chi connectivity index (χ1v) is 9.08. The molecule has 0 radical (unpaired) electrons. The molecule has 6 rings (SSSR count). The number of piperidine rings is 2. The molecule has 4 bridgehead atoms. The average molecular weight is 311 g/mol. The minimum Gasteiger partial charge on any atom is -0.481 e. The maximum absolute atomic E-state index is 5.35. The highest BCUT2D eigenvalue weighted by molar-refractivity contribution is 5.81. The minimum absolute atomic E-state index is 0.671. The van der Waals surface area contributed by atoms with Gasteiger partial charge in [-0.25, -0.2) is 4.98 Å². The van der Waals surface area contributed by atoms with Crippen molar-refractivity contribution >= 4 is 11.0 Å². The lowest BCUT2D eigenvalue weighted by molar-refractivity contribution is -0.0134. The highest BCUT2D eigenvalue weighted by Gasteiger charge is 2.48. The molecule has 1 aliphatic carbocycles. The standard InChI is InChI=1S/C19H25N3O/c1-3-12-8-11-9-14-17-13(6-7-22(10-11)19(12)14)18-15(20-17)4-5-16(21-18)23-2/h4-5,11-12,14,19-20H,3,6-10H2,1-2H3. The molecule has 0 aromatic carbocycles. The number of fused-ring (bicyclic) bond motifs is 4. The molecule has 5 unspecified atom stereocenters. The predicted molar refractivity (Wildman–Crippen MR) is 91.0 cm³/mol. The van der Waals surface area contributed by atoms with Crippen molar-refractivity contribution in [1.82, 2.24) is 14.9 Å². The molecule has 0 amide bonds. The second-order valence-corrected chi connectivity index (χ2v) is 7.61. The number of H-pyrrole nitrogens is 1. The number of pyridine rings is 1. The van der Waals surface area contributed by atoms with E-state index >= 15 is 0 Å². The molecular weight excluding hydrogens is 286 g/mol. The van der Waals surface area contributed by atoms with Crippen molar-refractivity contribution in [3.8, 4) is 5.88 Å². The summed E-state index contributed by atoms with van der Waals surface area (Å²) < 4.78 is 5.35. The van der Waals surface area contributed by atoms with Crippen LogP contribution in [-0.4, -0.2) is 41.1 Å². The van der Waals surface area contributed by atoms with E-state index in [9.17, 15) is 0 Å². The molecule has 2 aromatic heterocycles. The monoisotopic (exact) mass is 311 g/mol. The van der Waals surface area contributed by atoms with E-state index in [1.807, 2.05) is 6.07 Å². The zero-order valence-electron chi connectivity index (χ0n) is 14.0. The number of hydrogen-bond donors (Lipinski definition) is 1. The Morgan fingerprint density at radius 1 is 1.35 bits per heavy atom. The fraction of sp³-hybridized carbons (Fsp3) is 0.632. The topological polar surface area (TPSA) is 41.1 Å². The molecule has 5 atom stereocenters. The van der Waals surface area contributed by atoms with Gasteiger partial charge in [0.2, 0.25) is 5.88 Å². The van der Waals surface area contributed by atoms with Gasteiger partial charge < -0.3 is 9.72 Å². The van der Waals surface area contributed by atoms with E-state index in [0.29, 0.717) is 5.92 Å². The van der Waals surface area contributed by atoms with Gasteiger partial charge in [-0.2, -0.15) is 0 Å². The summed E-state index contributed by atoms with van der Waals surface area (Å²) in [5, 5.41) is 0. The number of aromatic amines is 1. The Balaban J connectivity index is 1.66. The second-order valence-electron chi connectivity index (χ2n) is 7.61. The van der Waals surface area contributed by atoms with Crippen LogP contribution in [0.2, 0.25) is 0 Å². The van der Waals surface area contributed by atoms with E-state index in [1.54, 1.807) is 7.11 Å². The summed E-state index contributed by atoms with van der Waals surface area (Å²) in [4.78, 5) is 11.3. The van der Waals surface area contributed by atoms with Crippen molar-refractivity contribution < 1.29 is 4.74 Å². The van der Waals surface area contributed by atoms with Gasteiger partial charge in [0, 0.05) is 42.4 Å². The van der Waals surface area contributed by atoms with E-state index in [-0.39, 0.29) is 0 Å². The van der Waals surface area contributed by atoms with Crippen LogP contribution < -0.4 is 4.74 Å². The largest absolute Gasteiger partial charge is 0.481 e. The molecule has 1 N–H and O–H groups in total. The third-order valence-corrected chi connectivity index (χ3v) is 6.54. The normalized spacial score (nSPS) is 35.1. The van der Waals surface area contributed by atoms with E-state index in [2.05, 4.69) is 22.9 Å². The van der Waals surface area contributed by atoms with Gasteiger partial charge in [-0.3, -0.25) is 4.90 Å². The summed E-state index contributed by atoms with van der Waals surface area (Å²) >= 11 is 0. The Kier molecular flexibility index (Phi) is 2.99. The van der Waals surface area contributed by atoms with Crippen LogP contribution in [0.4, 0.5) is 0 Å². The number of nitrogens with one attached hydrogen (secondary N) is 1. The predicted octanol–water partition coefficient (Wildman–Crippen LogP) is 3.33. The van der Waals surface area contributed by atoms with Gasteiger partial charge in [0.15, 0.2) is 0 Å². The quantitative estimate of drug-likeness (QED) is 0.925.